The maximum absolute atomic E-state index is 12.6. The van der Waals surface area contributed by atoms with E-state index < -0.39 is 10.0 Å². The fraction of sp³-hybridized carbons (Fsp3) is 0.500. The van der Waals surface area contributed by atoms with E-state index in [0.717, 1.165) is 28.4 Å². The van der Waals surface area contributed by atoms with Gasteiger partial charge in [-0.3, -0.25) is 0 Å². The van der Waals surface area contributed by atoms with Gasteiger partial charge in [0.15, 0.2) is 5.96 Å². The van der Waals surface area contributed by atoms with E-state index in [4.69, 9.17) is 0 Å². The largest absolute Gasteiger partial charge is 0.357 e. The lowest BCUT2D eigenvalue weighted by atomic mass is 10.2. The Kier molecular flexibility index (Phi) is 8.60. The molecule has 0 radical (unpaired) electrons. The Balaban J connectivity index is 1.90. The first kappa shape index (κ1) is 23.3. The summed E-state index contributed by atoms with van der Waals surface area (Å²) in [5.41, 5.74) is 2.73. The Hall–Kier alpha value is -1.97. The molecule has 9 heteroatoms. The van der Waals surface area contributed by atoms with Crippen LogP contribution in [0.3, 0.4) is 0 Å². The maximum Gasteiger partial charge on any atom is 0.240 e. The topological polar surface area (TPSA) is 95.5 Å². The van der Waals surface area contributed by atoms with Gasteiger partial charge >= 0.3 is 0 Å². The molecule has 0 aliphatic heterocycles. The molecule has 0 amide bonds. The summed E-state index contributed by atoms with van der Waals surface area (Å²) in [6.45, 7) is 11.8. The second-order valence-corrected chi connectivity index (χ2v) is 9.79. The highest BCUT2D eigenvalue weighted by atomic mass is 32.2. The molecule has 160 valence electrons. The van der Waals surface area contributed by atoms with Gasteiger partial charge in [0, 0.05) is 25.0 Å². The number of hydrogen-bond acceptors (Lipinski definition) is 5. The number of aliphatic imine (C=N–C) groups is 1. The number of hydrogen-bond donors (Lipinski definition) is 3. The average Bonchev–Trinajstić information content (AvgIpc) is 3.14. The molecule has 1 heterocycles. The van der Waals surface area contributed by atoms with Crippen LogP contribution >= 0.6 is 11.3 Å². The highest BCUT2D eigenvalue weighted by molar-refractivity contribution is 7.89. The van der Waals surface area contributed by atoms with Crippen molar-refractivity contribution in [3.8, 4) is 0 Å². The summed E-state index contributed by atoms with van der Waals surface area (Å²) in [7, 11) is -3.54. The number of aryl methyl sites for hydroxylation is 2. The molecule has 0 atom stereocenters. The van der Waals surface area contributed by atoms with Crippen molar-refractivity contribution in [3.63, 3.8) is 0 Å². The first-order valence-electron chi connectivity index (χ1n) is 9.76. The number of aromatic nitrogens is 1. The number of benzene rings is 1. The van der Waals surface area contributed by atoms with E-state index in [-0.39, 0.29) is 6.54 Å². The van der Waals surface area contributed by atoms with E-state index in [9.17, 15) is 8.42 Å². The Labute approximate surface area is 178 Å². The quantitative estimate of drug-likeness (QED) is 0.318. The van der Waals surface area contributed by atoms with E-state index in [1.807, 2.05) is 26.0 Å². The van der Waals surface area contributed by atoms with Crippen LogP contribution in [0.1, 0.15) is 48.5 Å². The molecule has 2 rings (SSSR count). The van der Waals surface area contributed by atoms with Crippen LogP contribution < -0.4 is 15.4 Å². The zero-order valence-electron chi connectivity index (χ0n) is 17.7. The average molecular weight is 438 g/mol. The molecule has 2 aromatic rings. The molecule has 0 saturated heterocycles. The van der Waals surface area contributed by atoms with Crippen molar-refractivity contribution in [3.05, 3.63) is 45.4 Å². The van der Waals surface area contributed by atoms with Crippen molar-refractivity contribution < 1.29 is 8.42 Å². The second-order valence-electron chi connectivity index (χ2n) is 7.11. The number of nitrogens with zero attached hydrogens (tertiary/aromatic N) is 2. The Morgan fingerprint density at radius 2 is 1.97 bits per heavy atom. The molecule has 1 aromatic carbocycles. The fourth-order valence-electron chi connectivity index (χ4n) is 2.59. The smallest absolute Gasteiger partial charge is 0.240 e. The molecule has 0 saturated carbocycles. The van der Waals surface area contributed by atoms with Crippen molar-refractivity contribution in [2.75, 3.05) is 19.6 Å². The van der Waals surface area contributed by atoms with Crippen molar-refractivity contribution >= 4 is 27.3 Å². The molecule has 29 heavy (non-hydrogen) atoms. The molecular weight excluding hydrogens is 406 g/mol. The molecule has 0 fully saturated rings. The Bertz CT molecular complexity index is 936. The van der Waals surface area contributed by atoms with Gasteiger partial charge in [-0.25, -0.2) is 23.1 Å². The second kappa shape index (κ2) is 10.7. The summed E-state index contributed by atoms with van der Waals surface area (Å²) in [5, 5.41) is 9.35. The third kappa shape index (κ3) is 7.09. The zero-order chi connectivity index (χ0) is 21.4. The van der Waals surface area contributed by atoms with Gasteiger partial charge in [0.05, 0.1) is 17.1 Å². The van der Waals surface area contributed by atoms with Crippen LogP contribution in [0.2, 0.25) is 0 Å². The van der Waals surface area contributed by atoms with Gasteiger partial charge in [-0.15, -0.1) is 11.3 Å². The molecule has 7 nitrogen and oxygen atoms in total. The first-order chi connectivity index (χ1) is 13.7. The SMILES string of the molecule is CCNC(=NCc1nc(C(C)C)cs1)NCCNS(=O)(=O)c1cc(C)ccc1C. The standard InChI is InChI=1S/C20H31N5O2S2/c1-6-21-20(23-12-19-25-17(13-28-19)14(2)3)22-9-10-24-29(26,27)18-11-15(4)7-8-16(18)5/h7-8,11,13-14,24H,6,9-10,12H2,1-5H3,(H2,21,22,23). The number of guanidine groups is 1. The lowest BCUT2D eigenvalue weighted by molar-refractivity contribution is 0.580. The van der Waals surface area contributed by atoms with Crippen LogP contribution in [0.15, 0.2) is 33.5 Å². The van der Waals surface area contributed by atoms with Crippen LogP contribution in [-0.4, -0.2) is 39.0 Å². The maximum atomic E-state index is 12.6. The minimum Gasteiger partial charge on any atom is -0.357 e. The molecule has 1 aromatic heterocycles. The summed E-state index contributed by atoms with van der Waals surface area (Å²) >= 11 is 1.60. The zero-order valence-corrected chi connectivity index (χ0v) is 19.4. The lowest BCUT2D eigenvalue weighted by Crippen LogP contribution is -2.41. The van der Waals surface area contributed by atoms with Gasteiger partial charge in [0.2, 0.25) is 10.0 Å². The van der Waals surface area contributed by atoms with E-state index in [2.05, 4.69) is 44.6 Å². The number of thiazole rings is 1. The third-order valence-electron chi connectivity index (χ3n) is 4.22. The van der Waals surface area contributed by atoms with Crippen molar-refractivity contribution in [2.24, 2.45) is 4.99 Å². The van der Waals surface area contributed by atoms with Gasteiger partial charge in [0.25, 0.3) is 0 Å². The number of sulfonamides is 1. The Morgan fingerprint density at radius 1 is 1.21 bits per heavy atom. The molecular formula is C20H31N5O2S2. The number of nitrogens with one attached hydrogen (secondary N) is 3. The molecule has 0 unspecified atom stereocenters. The lowest BCUT2D eigenvalue weighted by Gasteiger charge is -2.13. The number of rotatable bonds is 9. The van der Waals surface area contributed by atoms with Gasteiger partial charge in [-0.1, -0.05) is 26.0 Å². The van der Waals surface area contributed by atoms with Gasteiger partial charge < -0.3 is 10.6 Å². The highest BCUT2D eigenvalue weighted by Gasteiger charge is 2.16. The third-order valence-corrected chi connectivity index (χ3v) is 6.68. The van der Waals surface area contributed by atoms with Crippen LogP contribution in [-0.2, 0) is 16.6 Å². The molecule has 0 bridgehead atoms. The van der Waals surface area contributed by atoms with Crippen LogP contribution in [0.5, 0.6) is 0 Å². The fourth-order valence-corrected chi connectivity index (χ4v) is 4.83. The predicted molar refractivity (Wildman–Crippen MR) is 120 cm³/mol. The summed E-state index contributed by atoms with van der Waals surface area (Å²) in [6.07, 6.45) is 0. The van der Waals surface area contributed by atoms with Crippen molar-refractivity contribution in [1.82, 2.24) is 20.3 Å². The van der Waals surface area contributed by atoms with E-state index in [0.29, 0.717) is 29.9 Å². The molecule has 3 N–H and O–H groups in total. The highest BCUT2D eigenvalue weighted by Crippen LogP contribution is 2.18. The van der Waals surface area contributed by atoms with Crippen LogP contribution in [0.25, 0.3) is 0 Å². The summed E-state index contributed by atoms with van der Waals surface area (Å²) < 4.78 is 27.8. The summed E-state index contributed by atoms with van der Waals surface area (Å²) in [6, 6.07) is 5.42. The predicted octanol–water partition coefficient (Wildman–Crippen LogP) is 2.92. The summed E-state index contributed by atoms with van der Waals surface area (Å²) in [5.74, 6) is 1.04. The van der Waals surface area contributed by atoms with Crippen molar-refractivity contribution in [1.29, 1.82) is 0 Å². The van der Waals surface area contributed by atoms with Crippen LogP contribution in [0.4, 0.5) is 0 Å². The first-order valence-corrected chi connectivity index (χ1v) is 12.1. The summed E-state index contributed by atoms with van der Waals surface area (Å²) in [4.78, 5) is 9.45. The minimum absolute atomic E-state index is 0.259. The van der Waals surface area contributed by atoms with E-state index >= 15 is 0 Å². The Morgan fingerprint density at radius 3 is 2.62 bits per heavy atom. The van der Waals surface area contributed by atoms with E-state index in [1.54, 1.807) is 24.3 Å². The van der Waals surface area contributed by atoms with Crippen molar-refractivity contribution in [2.45, 2.75) is 52.0 Å². The molecule has 0 aliphatic rings. The molecule has 0 aliphatic carbocycles. The minimum atomic E-state index is -3.54. The van der Waals surface area contributed by atoms with E-state index in [1.165, 1.54) is 0 Å². The molecule has 0 spiro atoms. The van der Waals surface area contributed by atoms with Crippen LogP contribution in [0, 0.1) is 13.8 Å². The van der Waals surface area contributed by atoms with Gasteiger partial charge in [0.1, 0.15) is 5.01 Å². The normalized spacial score (nSPS) is 12.4. The van der Waals surface area contributed by atoms with Gasteiger partial charge in [-0.05, 0) is 43.9 Å². The monoisotopic (exact) mass is 437 g/mol. The van der Waals surface area contributed by atoms with Gasteiger partial charge in [-0.2, -0.15) is 0 Å².